The predicted octanol–water partition coefficient (Wildman–Crippen LogP) is 1.60. The molecule has 1 aromatic heterocycles. The minimum atomic E-state index is -4.97. The van der Waals surface area contributed by atoms with E-state index in [1.54, 1.807) is 6.07 Å². The van der Waals surface area contributed by atoms with Gasteiger partial charge in [0.2, 0.25) is 5.82 Å². The van der Waals surface area contributed by atoms with Crippen LogP contribution in [0.3, 0.4) is 0 Å². The molecule has 0 radical (unpaired) electrons. The number of aryl methyl sites for hydroxylation is 1. The van der Waals surface area contributed by atoms with Crippen LogP contribution in [0.15, 0.2) is 15.2 Å². The molecule has 0 aliphatic rings. The molecule has 0 saturated heterocycles. The predicted molar refractivity (Wildman–Crippen MR) is 74.2 cm³/mol. The molecular formula is C12H7F4N5O3S. The molecule has 0 unspecified atom stereocenters. The second-order valence-corrected chi connectivity index (χ2v) is 5.36. The van der Waals surface area contributed by atoms with E-state index < -0.39 is 50.9 Å². The lowest BCUT2D eigenvalue weighted by atomic mass is 10.1. The van der Waals surface area contributed by atoms with Gasteiger partial charge in [-0.15, -0.1) is 9.46 Å². The molecule has 0 aliphatic carbocycles. The number of rotatable bonds is 2. The summed E-state index contributed by atoms with van der Waals surface area (Å²) in [4.78, 5) is 12.0. The van der Waals surface area contributed by atoms with Crippen LogP contribution in [0.25, 0.3) is 5.69 Å². The zero-order chi connectivity index (χ0) is 19.1. The van der Waals surface area contributed by atoms with E-state index in [0.29, 0.717) is 0 Å². The summed E-state index contributed by atoms with van der Waals surface area (Å²) in [5.41, 5.74) is -3.45. The van der Waals surface area contributed by atoms with Crippen molar-refractivity contribution in [2.24, 2.45) is 11.4 Å². The Kier molecular flexibility index (Phi) is 4.49. The molecule has 8 nitrogen and oxygen atoms in total. The minimum Gasteiger partial charge on any atom is -0.274 e. The average molecular weight is 377 g/mol. The lowest BCUT2D eigenvalue weighted by Crippen LogP contribution is -2.24. The molecule has 2 rings (SSSR count). The summed E-state index contributed by atoms with van der Waals surface area (Å²) in [5.74, 6) is -3.05. The summed E-state index contributed by atoms with van der Waals surface area (Å²) in [6, 6.07) is 2.44. The molecule has 0 amide bonds. The first-order valence-corrected chi connectivity index (χ1v) is 7.30. The third-order valence-corrected chi connectivity index (χ3v) is 3.49. The van der Waals surface area contributed by atoms with Crippen LogP contribution in [0.1, 0.15) is 17.0 Å². The van der Waals surface area contributed by atoms with Crippen LogP contribution in [-0.4, -0.2) is 22.8 Å². The Morgan fingerprint density at radius 3 is 2.40 bits per heavy atom. The lowest BCUT2D eigenvalue weighted by Gasteiger charge is -2.08. The average Bonchev–Trinajstić information content (AvgIpc) is 2.78. The van der Waals surface area contributed by atoms with Crippen LogP contribution < -0.4 is 5.69 Å². The maximum atomic E-state index is 14.6. The Morgan fingerprint density at radius 2 is 1.96 bits per heavy atom. The number of halogens is 4. The van der Waals surface area contributed by atoms with E-state index in [9.17, 15) is 30.8 Å². The van der Waals surface area contributed by atoms with Crippen LogP contribution in [-0.2, 0) is 23.7 Å². The van der Waals surface area contributed by atoms with Gasteiger partial charge in [0, 0.05) is 7.05 Å². The van der Waals surface area contributed by atoms with E-state index in [1.807, 2.05) is 0 Å². The van der Waals surface area contributed by atoms with Gasteiger partial charge in [0.15, 0.2) is 5.82 Å². The van der Waals surface area contributed by atoms with E-state index in [4.69, 9.17) is 5.26 Å². The highest BCUT2D eigenvalue weighted by Crippen LogP contribution is 2.31. The number of nitriles is 1. The minimum absolute atomic E-state index is 0.00536. The van der Waals surface area contributed by atoms with Crippen molar-refractivity contribution in [1.82, 2.24) is 14.3 Å². The molecule has 0 atom stereocenters. The second-order valence-electron chi connectivity index (χ2n) is 4.75. The molecular weight excluding hydrogens is 370 g/mol. The van der Waals surface area contributed by atoms with Crippen molar-refractivity contribution in [2.75, 3.05) is 0 Å². The van der Waals surface area contributed by atoms with Gasteiger partial charge < -0.3 is 0 Å². The van der Waals surface area contributed by atoms with Gasteiger partial charge in [0.05, 0.1) is 5.56 Å². The largest absolute Gasteiger partial charge is 0.451 e. The Labute approximate surface area is 138 Å². The molecule has 132 valence electrons. The van der Waals surface area contributed by atoms with E-state index in [-0.39, 0.29) is 14.8 Å². The van der Waals surface area contributed by atoms with Gasteiger partial charge >= 0.3 is 22.4 Å². The standard InChI is InChI=1S/C12H7F4N5O3S/c1-5-3-7(8(13)9(6(5)4-17)19-25(23)24)21-11(22)20(2)10(18-21)12(14,15)16/h3H,1-2H3. The lowest BCUT2D eigenvalue weighted by molar-refractivity contribution is -0.147. The molecule has 0 saturated carbocycles. The van der Waals surface area contributed by atoms with Gasteiger partial charge in [-0.2, -0.15) is 31.5 Å². The van der Waals surface area contributed by atoms with Crippen LogP contribution in [0.2, 0.25) is 0 Å². The van der Waals surface area contributed by atoms with Crippen LogP contribution >= 0.6 is 0 Å². The number of hydrogen-bond acceptors (Lipinski definition) is 6. The van der Waals surface area contributed by atoms with Gasteiger partial charge in [-0.3, -0.25) is 4.57 Å². The second kappa shape index (κ2) is 6.13. The van der Waals surface area contributed by atoms with Gasteiger partial charge in [-0.05, 0) is 18.6 Å². The summed E-state index contributed by atoms with van der Waals surface area (Å²) in [7, 11) is -2.35. The number of hydrogen-bond donors (Lipinski definition) is 0. The molecule has 2 aromatic rings. The first-order valence-electron chi connectivity index (χ1n) is 6.27. The van der Waals surface area contributed by atoms with Crippen molar-refractivity contribution in [3.8, 4) is 11.8 Å². The Bertz CT molecular complexity index is 1100. The van der Waals surface area contributed by atoms with Crippen molar-refractivity contribution in [2.45, 2.75) is 13.1 Å². The summed E-state index contributed by atoms with van der Waals surface area (Å²) in [6.07, 6.45) is -4.97. The van der Waals surface area contributed by atoms with Crippen molar-refractivity contribution in [1.29, 1.82) is 5.26 Å². The maximum absolute atomic E-state index is 14.6. The fraction of sp³-hybridized carbons (Fsp3) is 0.250. The normalized spacial score (nSPS) is 11.2. The topological polar surface area (TPSA) is 110 Å². The van der Waals surface area contributed by atoms with Crippen molar-refractivity contribution in [3.05, 3.63) is 39.3 Å². The van der Waals surface area contributed by atoms with E-state index >= 15 is 0 Å². The van der Waals surface area contributed by atoms with Gasteiger partial charge in [-0.1, -0.05) is 0 Å². The quantitative estimate of drug-likeness (QED) is 0.739. The summed E-state index contributed by atoms with van der Waals surface area (Å²) >= 11 is 0. The van der Waals surface area contributed by atoms with Gasteiger partial charge in [-0.25, -0.2) is 9.18 Å². The van der Waals surface area contributed by atoms with Crippen LogP contribution in [0.5, 0.6) is 0 Å². The maximum Gasteiger partial charge on any atom is 0.451 e. The Morgan fingerprint density at radius 1 is 1.36 bits per heavy atom. The number of nitrogens with zero attached hydrogens (tertiary/aromatic N) is 5. The molecule has 0 N–H and O–H groups in total. The number of aromatic nitrogens is 3. The molecule has 1 aromatic carbocycles. The molecule has 0 spiro atoms. The Hall–Kier alpha value is -3.01. The zero-order valence-electron chi connectivity index (χ0n) is 12.5. The van der Waals surface area contributed by atoms with Crippen molar-refractivity contribution in [3.63, 3.8) is 0 Å². The third kappa shape index (κ3) is 3.15. The highest BCUT2D eigenvalue weighted by Gasteiger charge is 2.38. The number of benzene rings is 1. The van der Waals surface area contributed by atoms with Gasteiger partial charge in [0.25, 0.3) is 0 Å². The molecule has 1 heterocycles. The van der Waals surface area contributed by atoms with Crippen LogP contribution in [0, 0.1) is 24.1 Å². The molecule has 13 heteroatoms. The number of alkyl halides is 3. The van der Waals surface area contributed by atoms with Gasteiger partial charge in [0.1, 0.15) is 17.4 Å². The SMILES string of the molecule is Cc1cc(-n2nc(C(F)(F)F)n(C)c2=O)c(F)c(N=S(=O)=O)c1C#N. The van der Waals surface area contributed by atoms with Crippen molar-refractivity contribution < 1.29 is 26.0 Å². The summed E-state index contributed by atoms with van der Waals surface area (Å²) in [6.45, 7) is 1.27. The zero-order valence-corrected chi connectivity index (χ0v) is 13.3. The summed E-state index contributed by atoms with van der Waals surface area (Å²) < 4.78 is 77.7. The first-order chi connectivity index (χ1) is 11.5. The van der Waals surface area contributed by atoms with E-state index in [0.717, 1.165) is 13.1 Å². The highest BCUT2D eigenvalue weighted by atomic mass is 32.2. The molecule has 25 heavy (non-hydrogen) atoms. The summed E-state index contributed by atoms with van der Waals surface area (Å²) in [5, 5.41) is 12.0. The smallest absolute Gasteiger partial charge is 0.274 e. The fourth-order valence-electron chi connectivity index (χ4n) is 2.05. The fourth-order valence-corrected chi connectivity index (χ4v) is 2.38. The Balaban J connectivity index is 2.92. The van der Waals surface area contributed by atoms with E-state index in [2.05, 4.69) is 9.46 Å². The monoisotopic (exact) mass is 377 g/mol. The third-order valence-electron chi connectivity index (χ3n) is 3.16. The highest BCUT2D eigenvalue weighted by molar-refractivity contribution is 7.61. The van der Waals surface area contributed by atoms with Crippen LogP contribution in [0.4, 0.5) is 23.2 Å². The first kappa shape index (κ1) is 18.3. The molecule has 0 fully saturated rings. The molecule has 0 bridgehead atoms. The van der Waals surface area contributed by atoms with E-state index in [1.165, 1.54) is 6.92 Å². The van der Waals surface area contributed by atoms with Crippen molar-refractivity contribution >= 4 is 16.2 Å². The molecule has 0 aliphatic heterocycles.